The van der Waals surface area contributed by atoms with Crippen LogP contribution in [0.5, 0.6) is 0 Å². The van der Waals surface area contributed by atoms with Crippen LogP contribution in [-0.2, 0) is 19.0 Å². The number of carbonyl (C=O) groups is 1. The molecule has 1 aliphatic heterocycles. The van der Waals surface area contributed by atoms with Crippen molar-refractivity contribution >= 4 is 5.97 Å². The molecule has 1 fully saturated rings. The normalized spacial score (nSPS) is 26.4. The van der Waals surface area contributed by atoms with Crippen LogP contribution in [0.3, 0.4) is 0 Å². The summed E-state index contributed by atoms with van der Waals surface area (Å²) >= 11 is 0. The van der Waals surface area contributed by atoms with E-state index in [1.54, 1.807) is 6.92 Å². The highest BCUT2D eigenvalue weighted by molar-refractivity contribution is 5.86. The number of ether oxygens (including phenoxy) is 3. The molecule has 110 valence electrons. The van der Waals surface area contributed by atoms with Crippen LogP contribution in [-0.4, -0.2) is 31.1 Å². The highest BCUT2D eigenvalue weighted by Gasteiger charge is 2.37. The third-order valence-corrected chi connectivity index (χ3v) is 3.22. The van der Waals surface area contributed by atoms with Crippen molar-refractivity contribution in [3.05, 3.63) is 12.2 Å². The van der Waals surface area contributed by atoms with Crippen molar-refractivity contribution in [3.63, 3.8) is 0 Å². The van der Waals surface area contributed by atoms with Gasteiger partial charge in [0.05, 0.1) is 6.61 Å². The van der Waals surface area contributed by atoms with Crippen LogP contribution in [0.4, 0.5) is 0 Å². The predicted octanol–water partition coefficient (Wildman–Crippen LogP) is 3.21. The summed E-state index contributed by atoms with van der Waals surface area (Å²) in [5.41, 5.74) is 0.404. The minimum Gasteiger partial charge on any atom is -0.459 e. The Morgan fingerprint density at radius 1 is 1.42 bits per heavy atom. The van der Waals surface area contributed by atoms with Gasteiger partial charge < -0.3 is 14.2 Å². The molecule has 1 saturated heterocycles. The quantitative estimate of drug-likeness (QED) is 0.386. The van der Waals surface area contributed by atoms with E-state index in [4.69, 9.17) is 14.2 Å². The van der Waals surface area contributed by atoms with E-state index < -0.39 is 5.79 Å². The summed E-state index contributed by atoms with van der Waals surface area (Å²) in [6.07, 6.45) is 5.49. The van der Waals surface area contributed by atoms with Gasteiger partial charge in [0.2, 0.25) is 0 Å². The lowest BCUT2D eigenvalue weighted by molar-refractivity contribution is -0.168. The Kier molecular flexibility index (Phi) is 6.52. The second kappa shape index (κ2) is 7.65. The van der Waals surface area contributed by atoms with E-state index in [2.05, 4.69) is 13.5 Å². The van der Waals surface area contributed by atoms with Gasteiger partial charge >= 0.3 is 5.97 Å². The van der Waals surface area contributed by atoms with Gasteiger partial charge in [-0.2, -0.15) is 0 Å². The van der Waals surface area contributed by atoms with Crippen molar-refractivity contribution < 1.29 is 19.0 Å². The summed E-state index contributed by atoms with van der Waals surface area (Å²) in [5.74, 6) is -0.895. The van der Waals surface area contributed by atoms with Crippen molar-refractivity contribution in [2.24, 2.45) is 0 Å². The Labute approximate surface area is 116 Å². The molecule has 1 heterocycles. The third kappa shape index (κ3) is 5.74. The van der Waals surface area contributed by atoms with Crippen molar-refractivity contribution in [1.29, 1.82) is 0 Å². The van der Waals surface area contributed by atoms with Crippen LogP contribution in [0.25, 0.3) is 0 Å². The SMILES string of the molecule is C=C(C)C(=O)OCC1COC(C)(CCCCCC)O1. The summed E-state index contributed by atoms with van der Waals surface area (Å²) in [7, 11) is 0. The van der Waals surface area contributed by atoms with Crippen LogP contribution in [0, 0.1) is 0 Å². The number of unbranched alkanes of at least 4 members (excludes halogenated alkanes) is 3. The number of esters is 1. The molecular formula is C15H26O4. The number of rotatable bonds is 8. The monoisotopic (exact) mass is 270 g/mol. The zero-order valence-electron chi connectivity index (χ0n) is 12.4. The van der Waals surface area contributed by atoms with E-state index in [0.717, 1.165) is 12.8 Å². The van der Waals surface area contributed by atoms with E-state index >= 15 is 0 Å². The fraction of sp³-hybridized carbons (Fsp3) is 0.800. The van der Waals surface area contributed by atoms with Gasteiger partial charge in [0.25, 0.3) is 0 Å². The number of carbonyl (C=O) groups excluding carboxylic acids is 1. The minimum absolute atomic E-state index is 0.167. The zero-order chi connectivity index (χ0) is 14.3. The smallest absolute Gasteiger partial charge is 0.333 e. The summed E-state index contributed by atoms with van der Waals surface area (Å²) < 4.78 is 16.6. The molecule has 4 heteroatoms. The molecule has 4 nitrogen and oxygen atoms in total. The molecule has 0 saturated carbocycles. The summed E-state index contributed by atoms with van der Waals surface area (Å²) in [6, 6.07) is 0. The molecule has 0 aliphatic carbocycles. The molecule has 0 aromatic rings. The van der Waals surface area contributed by atoms with E-state index in [0.29, 0.717) is 12.2 Å². The Hall–Kier alpha value is -0.870. The molecule has 0 N–H and O–H groups in total. The van der Waals surface area contributed by atoms with Gasteiger partial charge in [-0.1, -0.05) is 32.8 Å². The lowest BCUT2D eigenvalue weighted by atomic mass is 10.1. The molecule has 0 bridgehead atoms. The van der Waals surface area contributed by atoms with Gasteiger partial charge in [0.1, 0.15) is 12.7 Å². The molecule has 0 aromatic carbocycles. The maximum absolute atomic E-state index is 11.3. The maximum atomic E-state index is 11.3. The Morgan fingerprint density at radius 3 is 2.79 bits per heavy atom. The molecule has 1 rings (SSSR count). The zero-order valence-corrected chi connectivity index (χ0v) is 12.4. The second-order valence-corrected chi connectivity index (χ2v) is 5.37. The van der Waals surface area contributed by atoms with E-state index in [1.807, 2.05) is 6.92 Å². The summed E-state index contributed by atoms with van der Waals surface area (Å²) in [6.45, 7) is 10.0. The Morgan fingerprint density at radius 2 is 2.16 bits per heavy atom. The molecule has 0 spiro atoms. The Balaban J connectivity index is 2.24. The lowest BCUT2D eigenvalue weighted by Crippen LogP contribution is -2.28. The van der Waals surface area contributed by atoms with Crippen LogP contribution in [0.15, 0.2) is 12.2 Å². The average Bonchev–Trinajstić information content (AvgIpc) is 2.74. The fourth-order valence-corrected chi connectivity index (χ4v) is 2.07. The molecule has 2 atom stereocenters. The maximum Gasteiger partial charge on any atom is 0.333 e. The largest absolute Gasteiger partial charge is 0.459 e. The first kappa shape index (κ1) is 16.2. The predicted molar refractivity (Wildman–Crippen MR) is 73.8 cm³/mol. The van der Waals surface area contributed by atoms with Crippen molar-refractivity contribution in [1.82, 2.24) is 0 Å². The Bertz CT molecular complexity index is 313. The van der Waals surface area contributed by atoms with Gasteiger partial charge in [-0.25, -0.2) is 4.79 Å². The van der Waals surface area contributed by atoms with Crippen molar-refractivity contribution in [3.8, 4) is 0 Å². The first-order valence-corrected chi connectivity index (χ1v) is 7.11. The minimum atomic E-state index is -0.520. The molecule has 2 unspecified atom stereocenters. The average molecular weight is 270 g/mol. The van der Waals surface area contributed by atoms with E-state index in [9.17, 15) is 4.79 Å². The first-order valence-electron chi connectivity index (χ1n) is 7.11. The highest BCUT2D eigenvalue weighted by Crippen LogP contribution is 2.29. The summed E-state index contributed by atoms with van der Waals surface area (Å²) in [4.78, 5) is 11.3. The topological polar surface area (TPSA) is 44.8 Å². The van der Waals surface area contributed by atoms with Gasteiger partial charge in [-0.3, -0.25) is 0 Å². The molecule has 0 radical (unpaired) electrons. The van der Waals surface area contributed by atoms with Gasteiger partial charge in [-0.05, 0) is 20.3 Å². The van der Waals surface area contributed by atoms with Gasteiger partial charge in [0, 0.05) is 12.0 Å². The third-order valence-electron chi connectivity index (χ3n) is 3.22. The van der Waals surface area contributed by atoms with Gasteiger partial charge in [0.15, 0.2) is 5.79 Å². The molecule has 19 heavy (non-hydrogen) atoms. The second-order valence-electron chi connectivity index (χ2n) is 5.37. The fourth-order valence-electron chi connectivity index (χ4n) is 2.07. The lowest BCUT2D eigenvalue weighted by Gasteiger charge is -2.23. The van der Waals surface area contributed by atoms with Gasteiger partial charge in [-0.15, -0.1) is 0 Å². The summed E-state index contributed by atoms with van der Waals surface area (Å²) in [5, 5.41) is 0. The van der Waals surface area contributed by atoms with Crippen LogP contribution in [0.1, 0.15) is 52.9 Å². The van der Waals surface area contributed by atoms with Crippen molar-refractivity contribution in [2.45, 2.75) is 64.8 Å². The van der Waals surface area contributed by atoms with Crippen LogP contribution >= 0.6 is 0 Å². The van der Waals surface area contributed by atoms with Crippen LogP contribution in [0.2, 0.25) is 0 Å². The standard InChI is InChI=1S/C15H26O4/c1-5-6-7-8-9-15(4)18-11-13(19-15)10-17-14(16)12(2)3/h13H,2,5-11H2,1,3-4H3. The molecule has 0 aromatic heterocycles. The highest BCUT2D eigenvalue weighted by atomic mass is 16.7. The van der Waals surface area contributed by atoms with Crippen LogP contribution < -0.4 is 0 Å². The molecule has 0 amide bonds. The number of hydrogen-bond acceptors (Lipinski definition) is 4. The number of hydrogen-bond donors (Lipinski definition) is 0. The van der Waals surface area contributed by atoms with E-state index in [-0.39, 0.29) is 18.7 Å². The van der Waals surface area contributed by atoms with E-state index in [1.165, 1.54) is 19.3 Å². The molecule has 1 aliphatic rings. The first-order chi connectivity index (χ1) is 8.97. The van der Waals surface area contributed by atoms with Crippen molar-refractivity contribution in [2.75, 3.05) is 13.2 Å². The molecular weight excluding hydrogens is 244 g/mol.